The van der Waals surface area contributed by atoms with Crippen LogP contribution in [0.3, 0.4) is 0 Å². The minimum Gasteiger partial charge on any atom is -0.478 e. The Balaban J connectivity index is 1.91. The second-order valence-electron chi connectivity index (χ2n) is 3.93. The molecular weight excluding hydrogens is 276 g/mol. The highest BCUT2D eigenvalue weighted by atomic mass is 16.4. The molecule has 1 heterocycles. The summed E-state index contributed by atoms with van der Waals surface area (Å²) >= 11 is 0. The number of carbonyl (C=O) groups is 2. The number of nitrogens with one attached hydrogen (secondary N) is 3. The molecule has 108 valence electrons. The smallest absolute Gasteiger partial charge is 0.328 e. The Morgan fingerprint density at radius 3 is 2.95 bits per heavy atom. The SMILES string of the molecule is O=C(O)/C=C/c1cccc(NC(=O)NCc2nn[nH]n2)c1. The van der Waals surface area contributed by atoms with Crippen molar-refractivity contribution < 1.29 is 14.7 Å². The highest BCUT2D eigenvalue weighted by molar-refractivity contribution is 5.90. The molecule has 2 amide bonds. The summed E-state index contributed by atoms with van der Waals surface area (Å²) in [5.41, 5.74) is 1.20. The highest BCUT2D eigenvalue weighted by Crippen LogP contribution is 2.11. The van der Waals surface area contributed by atoms with E-state index in [1.807, 2.05) is 0 Å². The molecule has 0 aliphatic rings. The van der Waals surface area contributed by atoms with Crippen LogP contribution in [0.5, 0.6) is 0 Å². The lowest BCUT2D eigenvalue weighted by Crippen LogP contribution is -2.28. The molecule has 0 aliphatic carbocycles. The zero-order valence-corrected chi connectivity index (χ0v) is 10.8. The number of hydrogen-bond acceptors (Lipinski definition) is 5. The fourth-order valence-electron chi connectivity index (χ4n) is 1.48. The zero-order valence-electron chi connectivity index (χ0n) is 10.8. The van der Waals surface area contributed by atoms with Gasteiger partial charge >= 0.3 is 12.0 Å². The minimum absolute atomic E-state index is 0.140. The number of urea groups is 1. The molecular formula is C12H12N6O3. The summed E-state index contributed by atoms with van der Waals surface area (Å²) in [5.74, 6) is -0.672. The number of H-pyrrole nitrogens is 1. The molecule has 0 spiro atoms. The van der Waals surface area contributed by atoms with Crippen molar-refractivity contribution in [2.45, 2.75) is 6.54 Å². The molecule has 0 saturated carbocycles. The molecule has 4 N–H and O–H groups in total. The average molecular weight is 288 g/mol. The van der Waals surface area contributed by atoms with E-state index in [0.29, 0.717) is 17.1 Å². The van der Waals surface area contributed by atoms with Crippen LogP contribution in [0.4, 0.5) is 10.5 Å². The second kappa shape index (κ2) is 6.80. The van der Waals surface area contributed by atoms with Gasteiger partial charge in [-0.1, -0.05) is 17.3 Å². The maximum Gasteiger partial charge on any atom is 0.328 e. The van der Waals surface area contributed by atoms with Crippen LogP contribution in [0.15, 0.2) is 30.3 Å². The van der Waals surface area contributed by atoms with E-state index < -0.39 is 12.0 Å². The van der Waals surface area contributed by atoms with E-state index >= 15 is 0 Å². The first-order valence-corrected chi connectivity index (χ1v) is 5.92. The van der Waals surface area contributed by atoms with E-state index in [2.05, 4.69) is 31.3 Å². The van der Waals surface area contributed by atoms with Crippen molar-refractivity contribution in [2.24, 2.45) is 0 Å². The van der Waals surface area contributed by atoms with Crippen molar-refractivity contribution in [3.05, 3.63) is 41.7 Å². The number of aromatic amines is 1. The number of amides is 2. The quantitative estimate of drug-likeness (QED) is 0.596. The van der Waals surface area contributed by atoms with Gasteiger partial charge in [0.15, 0.2) is 5.82 Å². The summed E-state index contributed by atoms with van der Waals surface area (Å²) in [6.07, 6.45) is 2.46. The molecule has 0 atom stereocenters. The fraction of sp³-hybridized carbons (Fsp3) is 0.0833. The van der Waals surface area contributed by atoms with Crippen molar-refractivity contribution in [1.82, 2.24) is 25.9 Å². The number of nitrogens with zero attached hydrogens (tertiary/aromatic N) is 3. The Morgan fingerprint density at radius 1 is 1.38 bits per heavy atom. The third-order valence-corrected chi connectivity index (χ3v) is 2.36. The number of aliphatic carboxylic acids is 1. The van der Waals surface area contributed by atoms with Crippen molar-refractivity contribution in [3.63, 3.8) is 0 Å². The van der Waals surface area contributed by atoms with Gasteiger partial charge in [-0.3, -0.25) is 0 Å². The lowest BCUT2D eigenvalue weighted by atomic mass is 10.2. The lowest BCUT2D eigenvalue weighted by Gasteiger charge is -2.06. The van der Waals surface area contributed by atoms with Gasteiger partial charge < -0.3 is 15.7 Å². The number of rotatable bonds is 5. The maximum absolute atomic E-state index is 11.7. The van der Waals surface area contributed by atoms with Crippen molar-refractivity contribution >= 4 is 23.8 Å². The molecule has 21 heavy (non-hydrogen) atoms. The van der Waals surface area contributed by atoms with Crippen molar-refractivity contribution in [3.8, 4) is 0 Å². The largest absolute Gasteiger partial charge is 0.478 e. The van der Waals surface area contributed by atoms with E-state index in [1.54, 1.807) is 24.3 Å². The van der Waals surface area contributed by atoms with Gasteiger partial charge in [0, 0.05) is 11.8 Å². The third kappa shape index (κ3) is 4.74. The molecule has 0 fully saturated rings. The summed E-state index contributed by atoms with van der Waals surface area (Å²) in [6, 6.07) is 6.33. The fourth-order valence-corrected chi connectivity index (χ4v) is 1.48. The number of anilines is 1. The van der Waals surface area contributed by atoms with Gasteiger partial charge in [-0.25, -0.2) is 9.59 Å². The number of carboxylic acids is 1. The molecule has 1 aromatic carbocycles. The monoisotopic (exact) mass is 288 g/mol. The van der Waals surface area contributed by atoms with Crippen LogP contribution < -0.4 is 10.6 Å². The van der Waals surface area contributed by atoms with Gasteiger partial charge in [0.05, 0.1) is 6.54 Å². The summed E-state index contributed by atoms with van der Waals surface area (Å²) in [5, 5.41) is 26.8. The first-order chi connectivity index (χ1) is 10.1. The van der Waals surface area contributed by atoms with Crippen LogP contribution in [0.1, 0.15) is 11.4 Å². The Kier molecular flexibility index (Phi) is 4.59. The van der Waals surface area contributed by atoms with Crippen LogP contribution in [0, 0.1) is 0 Å². The average Bonchev–Trinajstić information content (AvgIpc) is 2.97. The molecule has 1 aromatic heterocycles. The Bertz CT molecular complexity index is 653. The van der Waals surface area contributed by atoms with Gasteiger partial charge in [0.25, 0.3) is 0 Å². The van der Waals surface area contributed by atoms with Crippen LogP contribution in [-0.4, -0.2) is 37.7 Å². The molecule has 9 heteroatoms. The highest BCUT2D eigenvalue weighted by Gasteiger charge is 2.04. The molecule has 2 rings (SSSR count). The number of aromatic nitrogens is 4. The van der Waals surface area contributed by atoms with E-state index in [1.165, 1.54) is 6.08 Å². The van der Waals surface area contributed by atoms with Gasteiger partial charge in [-0.2, -0.15) is 5.21 Å². The molecule has 9 nitrogen and oxygen atoms in total. The topological polar surface area (TPSA) is 133 Å². The number of hydrogen-bond donors (Lipinski definition) is 4. The molecule has 0 saturated heterocycles. The van der Waals surface area contributed by atoms with Gasteiger partial charge in [0.1, 0.15) is 0 Å². The third-order valence-electron chi connectivity index (χ3n) is 2.36. The van der Waals surface area contributed by atoms with Crippen LogP contribution >= 0.6 is 0 Å². The number of carboxylic acid groups (broad SMARTS) is 1. The van der Waals surface area contributed by atoms with E-state index in [4.69, 9.17) is 5.11 Å². The summed E-state index contributed by atoms with van der Waals surface area (Å²) in [4.78, 5) is 22.1. The maximum atomic E-state index is 11.7. The Morgan fingerprint density at radius 2 is 2.24 bits per heavy atom. The Hall–Kier alpha value is -3.23. The summed E-state index contributed by atoms with van der Waals surface area (Å²) in [6.45, 7) is 0.140. The molecule has 0 aliphatic heterocycles. The Labute approximate surface area is 119 Å². The van der Waals surface area contributed by atoms with E-state index in [9.17, 15) is 9.59 Å². The van der Waals surface area contributed by atoms with Crippen molar-refractivity contribution in [2.75, 3.05) is 5.32 Å². The first-order valence-electron chi connectivity index (χ1n) is 5.92. The predicted octanol–water partition coefficient (Wildman–Crippen LogP) is 0.619. The first kappa shape index (κ1) is 14.2. The number of carbonyl (C=O) groups excluding carboxylic acids is 1. The summed E-state index contributed by atoms with van der Waals surface area (Å²) in [7, 11) is 0. The van der Waals surface area contributed by atoms with Crippen LogP contribution in [0.25, 0.3) is 6.08 Å². The molecule has 0 bridgehead atoms. The minimum atomic E-state index is -1.04. The van der Waals surface area contributed by atoms with Crippen LogP contribution in [-0.2, 0) is 11.3 Å². The van der Waals surface area contributed by atoms with Crippen LogP contribution in [0.2, 0.25) is 0 Å². The molecule has 0 radical (unpaired) electrons. The zero-order chi connectivity index (χ0) is 15.1. The van der Waals surface area contributed by atoms with Crippen molar-refractivity contribution in [1.29, 1.82) is 0 Å². The molecule has 2 aromatic rings. The second-order valence-corrected chi connectivity index (χ2v) is 3.93. The summed E-state index contributed by atoms with van der Waals surface area (Å²) < 4.78 is 0. The standard InChI is InChI=1S/C12H12N6O3/c19-11(20)5-4-8-2-1-3-9(6-8)14-12(21)13-7-10-15-17-18-16-10/h1-6H,7H2,(H,19,20)(H2,13,14,21)(H,15,16,17,18)/b5-4+. The normalized spacial score (nSPS) is 10.5. The van der Waals surface area contributed by atoms with E-state index in [-0.39, 0.29) is 6.54 Å². The van der Waals surface area contributed by atoms with Gasteiger partial charge in [-0.15, -0.1) is 10.2 Å². The number of tetrazole rings is 1. The molecule has 0 unspecified atom stereocenters. The lowest BCUT2D eigenvalue weighted by molar-refractivity contribution is -0.131. The number of benzene rings is 1. The van der Waals surface area contributed by atoms with Gasteiger partial charge in [-0.05, 0) is 23.8 Å². The van der Waals surface area contributed by atoms with Gasteiger partial charge in [0.2, 0.25) is 0 Å². The van der Waals surface area contributed by atoms with E-state index in [0.717, 1.165) is 6.08 Å². The predicted molar refractivity (Wildman–Crippen MR) is 73.1 cm³/mol.